The SMILES string of the molecule is CC.Cc1nc2c(C(C)C)c(C)c(C)cc2s1. The van der Waals surface area contributed by atoms with Gasteiger partial charge in [-0.05, 0) is 49.4 Å². The molecule has 0 fully saturated rings. The normalized spacial score (nSPS) is 10.6. The van der Waals surface area contributed by atoms with E-state index in [-0.39, 0.29) is 0 Å². The standard InChI is InChI=1S/C13H17NS.C2H6/c1-7(2)12-9(4)8(3)6-11-13(12)14-10(5)15-11;1-2/h6-7H,1-5H3;1-2H3. The fourth-order valence-electron chi connectivity index (χ4n) is 2.13. The van der Waals surface area contributed by atoms with Gasteiger partial charge in [-0.15, -0.1) is 11.3 Å². The zero-order chi connectivity index (χ0) is 13.2. The molecule has 0 radical (unpaired) electrons. The van der Waals surface area contributed by atoms with Crippen LogP contribution in [-0.4, -0.2) is 4.98 Å². The molecule has 94 valence electrons. The van der Waals surface area contributed by atoms with Crippen LogP contribution in [0.4, 0.5) is 0 Å². The van der Waals surface area contributed by atoms with Crippen molar-refractivity contribution in [2.24, 2.45) is 0 Å². The number of fused-ring (bicyclic) bond motifs is 1. The van der Waals surface area contributed by atoms with Crippen LogP contribution in [0.15, 0.2) is 6.07 Å². The Morgan fingerprint density at radius 3 is 2.24 bits per heavy atom. The molecule has 1 aromatic carbocycles. The van der Waals surface area contributed by atoms with Crippen molar-refractivity contribution < 1.29 is 0 Å². The summed E-state index contributed by atoms with van der Waals surface area (Å²) in [6, 6.07) is 2.27. The molecule has 1 nitrogen and oxygen atoms in total. The van der Waals surface area contributed by atoms with Crippen molar-refractivity contribution in [3.63, 3.8) is 0 Å². The Balaban J connectivity index is 0.000000686. The van der Waals surface area contributed by atoms with Gasteiger partial charge in [-0.1, -0.05) is 27.7 Å². The molecular weight excluding hydrogens is 226 g/mol. The highest BCUT2D eigenvalue weighted by atomic mass is 32.1. The quantitative estimate of drug-likeness (QED) is 0.662. The highest BCUT2D eigenvalue weighted by Gasteiger charge is 2.14. The molecule has 2 aromatic rings. The number of thiazole rings is 1. The number of hydrogen-bond acceptors (Lipinski definition) is 2. The van der Waals surface area contributed by atoms with Crippen LogP contribution >= 0.6 is 11.3 Å². The van der Waals surface area contributed by atoms with Crippen LogP contribution in [0.3, 0.4) is 0 Å². The van der Waals surface area contributed by atoms with Gasteiger partial charge in [-0.2, -0.15) is 0 Å². The first-order chi connectivity index (χ1) is 8.00. The highest BCUT2D eigenvalue weighted by Crippen LogP contribution is 2.33. The van der Waals surface area contributed by atoms with Crippen LogP contribution in [0.1, 0.15) is 55.3 Å². The monoisotopic (exact) mass is 249 g/mol. The fraction of sp³-hybridized carbons (Fsp3) is 0.533. The van der Waals surface area contributed by atoms with Crippen LogP contribution in [0, 0.1) is 20.8 Å². The van der Waals surface area contributed by atoms with E-state index >= 15 is 0 Å². The van der Waals surface area contributed by atoms with Gasteiger partial charge in [0, 0.05) is 0 Å². The molecule has 2 rings (SSSR count). The minimum atomic E-state index is 0.550. The molecule has 1 aromatic heterocycles. The number of rotatable bonds is 1. The molecule has 0 aliphatic heterocycles. The summed E-state index contributed by atoms with van der Waals surface area (Å²) in [5.41, 5.74) is 5.43. The average Bonchev–Trinajstić information content (AvgIpc) is 2.61. The molecule has 17 heavy (non-hydrogen) atoms. The van der Waals surface area contributed by atoms with Crippen molar-refractivity contribution >= 4 is 21.6 Å². The third-order valence-corrected chi connectivity index (χ3v) is 3.85. The Kier molecular flexibility index (Phi) is 4.70. The second-order valence-electron chi connectivity index (χ2n) is 4.47. The van der Waals surface area contributed by atoms with Gasteiger partial charge >= 0.3 is 0 Å². The third-order valence-electron chi connectivity index (χ3n) is 2.94. The lowest BCUT2D eigenvalue weighted by Crippen LogP contribution is -1.96. The Hall–Kier alpha value is -0.890. The van der Waals surface area contributed by atoms with E-state index in [1.807, 2.05) is 13.8 Å². The maximum atomic E-state index is 4.65. The van der Waals surface area contributed by atoms with E-state index in [1.54, 1.807) is 11.3 Å². The summed E-state index contributed by atoms with van der Waals surface area (Å²) >= 11 is 1.80. The van der Waals surface area contributed by atoms with E-state index in [9.17, 15) is 0 Å². The van der Waals surface area contributed by atoms with Crippen molar-refractivity contribution in [1.29, 1.82) is 0 Å². The number of aryl methyl sites for hydroxylation is 2. The van der Waals surface area contributed by atoms with Crippen LogP contribution < -0.4 is 0 Å². The van der Waals surface area contributed by atoms with Gasteiger partial charge in [0.2, 0.25) is 0 Å². The topological polar surface area (TPSA) is 12.9 Å². The number of benzene rings is 1. The average molecular weight is 249 g/mol. The van der Waals surface area contributed by atoms with Gasteiger partial charge in [0.05, 0.1) is 15.2 Å². The lowest BCUT2D eigenvalue weighted by atomic mass is 9.94. The number of aromatic nitrogens is 1. The molecule has 0 bridgehead atoms. The molecule has 0 unspecified atom stereocenters. The summed E-state index contributed by atoms with van der Waals surface area (Å²) in [6.07, 6.45) is 0. The van der Waals surface area contributed by atoms with Gasteiger partial charge in [0.25, 0.3) is 0 Å². The van der Waals surface area contributed by atoms with E-state index < -0.39 is 0 Å². The Bertz CT molecular complexity index is 509. The van der Waals surface area contributed by atoms with Crippen LogP contribution in [0.5, 0.6) is 0 Å². The van der Waals surface area contributed by atoms with Crippen molar-refractivity contribution in [2.45, 2.75) is 54.4 Å². The molecule has 0 spiro atoms. The first kappa shape index (κ1) is 14.2. The predicted octanol–water partition coefficient (Wildman–Crippen LogP) is 5.37. The van der Waals surface area contributed by atoms with Gasteiger partial charge in [0.15, 0.2) is 0 Å². The molecular formula is C15H23NS. The lowest BCUT2D eigenvalue weighted by Gasteiger charge is -2.12. The maximum absolute atomic E-state index is 4.65. The van der Waals surface area contributed by atoms with Gasteiger partial charge in [0.1, 0.15) is 0 Å². The van der Waals surface area contributed by atoms with E-state index in [0.29, 0.717) is 5.92 Å². The zero-order valence-electron chi connectivity index (χ0n) is 12.0. The van der Waals surface area contributed by atoms with Crippen LogP contribution in [0.2, 0.25) is 0 Å². The molecule has 2 heteroatoms. The summed E-state index contributed by atoms with van der Waals surface area (Å²) in [5.74, 6) is 0.550. The third kappa shape index (κ3) is 2.68. The van der Waals surface area contributed by atoms with Crippen molar-refractivity contribution in [3.05, 3.63) is 27.8 Å². The summed E-state index contributed by atoms with van der Waals surface area (Å²) in [5, 5.41) is 1.16. The summed E-state index contributed by atoms with van der Waals surface area (Å²) in [6.45, 7) is 15.0. The van der Waals surface area contributed by atoms with Crippen molar-refractivity contribution in [1.82, 2.24) is 4.98 Å². The molecule has 1 heterocycles. The Labute approximate surface area is 109 Å². The fourth-order valence-corrected chi connectivity index (χ4v) is 3.08. The highest BCUT2D eigenvalue weighted by molar-refractivity contribution is 7.18. The maximum Gasteiger partial charge on any atom is 0.0907 e. The molecule has 0 atom stereocenters. The zero-order valence-corrected chi connectivity index (χ0v) is 12.8. The summed E-state index contributed by atoms with van der Waals surface area (Å²) < 4.78 is 1.33. The predicted molar refractivity (Wildman–Crippen MR) is 79.3 cm³/mol. The summed E-state index contributed by atoms with van der Waals surface area (Å²) in [7, 11) is 0. The van der Waals surface area contributed by atoms with E-state index in [1.165, 1.54) is 26.9 Å². The molecule has 0 aliphatic rings. The Morgan fingerprint density at radius 1 is 1.12 bits per heavy atom. The smallest absolute Gasteiger partial charge is 0.0907 e. The molecule has 0 aliphatic carbocycles. The molecule has 0 saturated heterocycles. The second kappa shape index (κ2) is 5.63. The van der Waals surface area contributed by atoms with Gasteiger partial charge in [-0.25, -0.2) is 4.98 Å². The Morgan fingerprint density at radius 2 is 1.71 bits per heavy atom. The van der Waals surface area contributed by atoms with Crippen LogP contribution in [-0.2, 0) is 0 Å². The molecule has 0 saturated carbocycles. The van der Waals surface area contributed by atoms with Crippen LogP contribution in [0.25, 0.3) is 10.2 Å². The van der Waals surface area contributed by atoms with E-state index in [0.717, 1.165) is 5.01 Å². The minimum Gasteiger partial charge on any atom is -0.241 e. The van der Waals surface area contributed by atoms with Gasteiger partial charge in [-0.3, -0.25) is 0 Å². The minimum absolute atomic E-state index is 0.550. The van der Waals surface area contributed by atoms with Crippen molar-refractivity contribution in [2.75, 3.05) is 0 Å². The van der Waals surface area contributed by atoms with Crippen molar-refractivity contribution in [3.8, 4) is 0 Å². The summed E-state index contributed by atoms with van der Waals surface area (Å²) in [4.78, 5) is 4.65. The molecule has 0 amide bonds. The number of nitrogens with zero attached hydrogens (tertiary/aromatic N) is 1. The second-order valence-corrected chi connectivity index (χ2v) is 5.70. The largest absolute Gasteiger partial charge is 0.241 e. The van der Waals surface area contributed by atoms with E-state index in [2.05, 4.69) is 45.7 Å². The first-order valence-electron chi connectivity index (χ1n) is 6.38. The lowest BCUT2D eigenvalue weighted by molar-refractivity contribution is 0.861. The first-order valence-corrected chi connectivity index (χ1v) is 7.19. The van der Waals surface area contributed by atoms with Gasteiger partial charge < -0.3 is 0 Å². The number of hydrogen-bond donors (Lipinski definition) is 0. The molecule has 0 N–H and O–H groups in total. The van der Waals surface area contributed by atoms with E-state index in [4.69, 9.17) is 0 Å².